The van der Waals surface area contributed by atoms with Crippen LogP contribution in [0.5, 0.6) is 0 Å². The van der Waals surface area contributed by atoms with E-state index in [9.17, 15) is 22.4 Å². The Kier molecular flexibility index (Phi) is 3.18. The van der Waals surface area contributed by atoms with Gasteiger partial charge in [0.15, 0.2) is 0 Å². The summed E-state index contributed by atoms with van der Waals surface area (Å²) in [4.78, 5) is 25.0. The average Bonchev–Trinajstić information content (AvgIpc) is 3.16. The van der Waals surface area contributed by atoms with Gasteiger partial charge in [0, 0.05) is 17.2 Å². The molecular formula is C12H10ClFN2O4S. The second kappa shape index (κ2) is 4.67. The molecule has 0 unspecified atom stereocenters. The molecule has 112 valence electrons. The molecule has 3 rings (SSSR count). The van der Waals surface area contributed by atoms with Crippen LogP contribution < -0.4 is 11.2 Å². The van der Waals surface area contributed by atoms with Gasteiger partial charge in [-0.15, -0.1) is 0 Å². The van der Waals surface area contributed by atoms with Gasteiger partial charge in [-0.05, 0) is 30.9 Å². The summed E-state index contributed by atoms with van der Waals surface area (Å²) < 4.78 is 37.8. The second-order valence-corrected chi connectivity index (χ2v) is 7.59. The van der Waals surface area contributed by atoms with Crippen LogP contribution in [-0.4, -0.2) is 18.0 Å². The van der Waals surface area contributed by atoms with Crippen molar-refractivity contribution in [3.05, 3.63) is 38.8 Å². The minimum absolute atomic E-state index is 0.0669. The van der Waals surface area contributed by atoms with Gasteiger partial charge in [-0.25, -0.2) is 17.6 Å². The maximum absolute atomic E-state index is 13.9. The number of rotatable bonds is 3. The molecule has 0 spiro atoms. The third-order valence-corrected chi connectivity index (χ3v) is 4.79. The number of nitrogens with one attached hydrogen (secondary N) is 1. The molecule has 0 atom stereocenters. The van der Waals surface area contributed by atoms with Gasteiger partial charge in [0.05, 0.1) is 10.9 Å². The van der Waals surface area contributed by atoms with E-state index in [4.69, 9.17) is 10.7 Å². The van der Waals surface area contributed by atoms with E-state index in [1.165, 1.54) is 4.57 Å². The molecule has 0 aliphatic heterocycles. The molecule has 0 saturated heterocycles. The van der Waals surface area contributed by atoms with Gasteiger partial charge >= 0.3 is 5.69 Å². The molecule has 21 heavy (non-hydrogen) atoms. The first-order valence-electron chi connectivity index (χ1n) is 6.18. The molecule has 1 aromatic carbocycles. The van der Waals surface area contributed by atoms with Crippen molar-refractivity contribution in [2.45, 2.75) is 24.3 Å². The van der Waals surface area contributed by atoms with Gasteiger partial charge in [-0.3, -0.25) is 14.3 Å². The molecule has 1 aliphatic rings. The van der Waals surface area contributed by atoms with Gasteiger partial charge in [0.1, 0.15) is 10.7 Å². The molecule has 1 aromatic heterocycles. The summed E-state index contributed by atoms with van der Waals surface area (Å²) in [6.07, 6.45) is 1.92. The van der Waals surface area contributed by atoms with Crippen LogP contribution in [0, 0.1) is 11.7 Å². The van der Waals surface area contributed by atoms with E-state index >= 15 is 0 Å². The largest absolute Gasteiger partial charge is 0.328 e. The molecule has 1 aliphatic carbocycles. The minimum Gasteiger partial charge on any atom is -0.293 e. The zero-order valence-corrected chi connectivity index (χ0v) is 12.2. The number of hydrogen-bond donors (Lipinski definition) is 1. The zero-order chi connectivity index (χ0) is 15.4. The van der Waals surface area contributed by atoms with Crippen molar-refractivity contribution in [1.29, 1.82) is 0 Å². The fraction of sp³-hybridized carbons (Fsp3) is 0.333. The third-order valence-electron chi connectivity index (χ3n) is 3.45. The Balaban J connectivity index is 2.37. The van der Waals surface area contributed by atoms with Crippen LogP contribution in [0.25, 0.3) is 10.9 Å². The summed E-state index contributed by atoms with van der Waals surface area (Å²) in [5, 5.41) is -0.0872. The highest BCUT2D eigenvalue weighted by Gasteiger charge is 2.25. The zero-order valence-electron chi connectivity index (χ0n) is 10.6. The van der Waals surface area contributed by atoms with Crippen LogP contribution in [-0.2, 0) is 15.6 Å². The number of aromatic nitrogens is 2. The highest BCUT2D eigenvalue weighted by atomic mass is 35.7. The van der Waals surface area contributed by atoms with Crippen LogP contribution in [0.1, 0.15) is 12.8 Å². The lowest BCUT2D eigenvalue weighted by Gasteiger charge is -2.10. The van der Waals surface area contributed by atoms with Crippen LogP contribution in [0.4, 0.5) is 4.39 Å². The van der Waals surface area contributed by atoms with Crippen molar-refractivity contribution >= 4 is 30.6 Å². The van der Waals surface area contributed by atoms with Gasteiger partial charge < -0.3 is 0 Å². The highest BCUT2D eigenvalue weighted by molar-refractivity contribution is 8.13. The second-order valence-electron chi connectivity index (χ2n) is 5.05. The fourth-order valence-corrected chi connectivity index (χ4v) is 3.12. The van der Waals surface area contributed by atoms with Gasteiger partial charge in [-0.2, -0.15) is 0 Å². The number of benzene rings is 1. The molecule has 2 aromatic rings. The Morgan fingerprint density at radius 1 is 1.33 bits per heavy atom. The van der Waals surface area contributed by atoms with Crippen LogP contribution in [0.3, 0.4) is 0 Å². The lowest BCUT2D eigenvalue weighted by Crippen LogP contribution is -2.31. The minimum atomic E-state index is -4.32. The Bertz CT molecular complexity index is 960. The highest BCUT2D eigenvalue weighted by Crippen LogP contribution is 2.31. The van der Waals surface area contributed by atoms with Crippen molar-refractivity contribution < 1.29 is 12.8 Å². The molecule has 1 N–H and O–H groups in total. The number of fused-ring (bicyclic) bond motifs is 1. The number of halogens is 2. The maximum Gasteiger partial charge on any atom is 0.328 e. The van der Waals surface area contributed by atoms with Gasteiger partial charge in [0.2, 0.25) is 0 Å². The first-order valence-corrected chi connectivity index (χ1v) is 8.49. The Morgan fingerprint density at radius 2 is 2.00 bits per heavy atom. The van der Waals surface area contributed by atoms with E-state index in [0.29, 0.717) is 12.5 Å². The first kappa shape index (κ1) is 14.3. The van der Waals surface area contributed by atoms with Gasteiger partial charge in [0.25, 0.3) is 14.6 Å². The summed E-state index contributed by atoms with van der Waals surface area (Å²) in [6.45, 7) is 0.360. The number of aromatic amines is 1. The van der Waals surface area contributed by atoms with Crippen LogP contribution in [0.15, 0.2) is 26.6 Å². The number of nitrogens with zero attached hydrogens (tertiary/aromatic N) is 1. The summed E-state index contributed by atoms with van der Waals surface area (Å²) in [5.41, 5.74) is -1.35. The predicted molar refractivity (Wildman–Crippen MR) is 74.5 cm³/mol. The Labute approximate surface area is 122 Å². The molecule has 9 heteroatoms. The summed E-state index contributed by atoms with van der Waals surface area (Å²) in [5.74, 6) is -0.775. The molecule has 6 nitrogen and oxygen atoms in total. The van der Waals surface area contributed by atoms with E-state index in [-0.39, 0.29) is 10.9 Å². The van der Waals surface area contributed by atoms with E-state index < -0.39 is 31.0 Å². The average molecular weight is 333 g/mol. The van der Waals surface area contributed by atoms with E-state index in [2.05, 4.69) is 4.98 Å². The predicted octanol–water partition coefficient (Wildman–Crippen LogP) is 1.17. The van der Waals surface area contributed by atoms with Crippen molar-refractivity contribution in [2.24, 2.45) is 5.92 Å². The third kappa shape index (κ3) is 2.60. The van der Waals surface area contributed by atoms with Crippen molar-refractivity contribution in [2.75, 3.05) is 0 Å². The first-order chi connectivity index (χ1) is 9.77. The standard InChI is InChI=1S/C12H10ClFN2O4S/c13-21(19,20)10-3-7-9(4-8(10)14)16(5-6-1-2-6)12(18)15-11(7)17/h3-4,6H,1-2,5H2,(H,15,17,18). The SMILES string of the molecule is O=c1[nH]c(=O)n(CC2CC2)c2cc(F)c(S(=O)(=O)Cl)cc12. The topological polar surface area (TPSA) is 89.0 Å². The quantitative estimate of drug-likeness (QED) is 0.854. The van der Waals surface area contributed by atoms with Gasteiger partial charge in [-0.1, -0.05) is 0 Å². The van der Waals surface area contributed by atoms with Crippen LogP contribution in [0.2, 0.25) is 0 Å². The Morgan fingerprint density at radius 3 is 2.57 bits per heavy atom. The van der Waals surface area contributed by atoms with E-state index in [1.54, 1.807) is 0 Å². The van der Waals surface area contributed by atoms with E-state index in [1.807, 2.05) is 0 Å². The lowest BCUT2D eigenvalue weighted by molar-refractivity contribution is 0.572. The number of hydrogen-bond acceptors (Lipinski definition) is 4. The van der Waals surface area contributed by atoms with Crippen molar-refractivity contribution in [1.82, 2.24) is 9.55 Å². The summed E-state index contributed by atoms with van der Waals surface area (Å²) >= 11 is 0. The smallest absolute Gasteiger partial charge is 0.293 e. The normalized spacial score (nSPS) is 15.5. The van der Waals surface area contributed by atoms with E-state index in [0.717, 1.165) is 25.0 Å². The lowest BCUT2D eigenvalue weighted by atomic mass is 10.2. The molecule has 0 radical (unpaired) electrons. The summed E-state index contributed by atoms with van der Waals surface area (Å²) in [6, 6.07) is 1.72. The molecule has 1 heterocycles. The molecular weight excluding hydrogens is 323 g/mol. The molecule has 0 bridgehead atoms. The van der Waals surface area contributed by atoms with Crippen molar-refractivity contribution in [3.8, 4) is 0 Å². The maximum atomic E-state index is 13.9. The molecule has 1 saturated carbocycles. The molecule has 1 fully saturated rings. The Hall–Kier alpha value is -1.67. The summed E-state index contributed by atoms with van der Waals surface area (Å²) in [7, 11) is 0.815. The molecule has 0 amide bonds. The number of H-pyrrole nitrogens is 1. The van der Waals surface area contributed by atoms with Crippen molar-refractivity contribution in [3.63, 3.8) is 0 Å². The van der Waals surface area contributed by atoms with Crippen LogP contribution >= 0.6 is 10.7 Å². The fourth-order valence-electron chi connectivity index (χ4n) is 2.22. The monoisotopic (exact) mass is 332 g/mol.